The maximum atomic E-state index is 12.6. The molecule has 1 N–H and O–H groups in total. The number of nitrogens with one attached hydrogen (secondary N) is 1. The van der Waals surface area contributed by atoms with E-state index in [1.54, 1.807) is 21.9 Å². The van der Waals surface area contributed by atoms with E-state index in [2.05, 4.69) is 21.2 Å². The van der Waals surface area contributed by atoms with Crippen LogP contribution in [0.5, 0.6) is 0 Å². The lowest BCUT2D eigenvalue weighted by Gasteiger charge is -2.17. The van der Waals surface area contributed by atoms with E-state index in [1.807, 2.05) is 36.4 Å². The van der Waals surface area contributed by atoms with Gasteiger partial charge in [0.05, 0.1) is 5.92 Å². The molecule has 28 heavy (non-hydrogen) atoms. The number of anilines is 3. The fourth-order valence-electron chi connectivity index (χ4n) is 3.64. The van der Waals surface area contributed by atoms with Crippen LogP contribution in [-0.4, -0.2) is 30.8 Å². The Morgan fingerprint density at radius 3 is 2.21 bits per heavy atom. The Kier molecular flexibility index (Phi) is 5.17. The molecule has 0 aromatic heterocycles. The Bertz CT molecular complexity index is 911. The number of carbonyl (C=O) groups excluding carboxylic acids is 3. The van der Waals surface area contributed by atoms with Crippen molar-refractivity contribution < 1.29 is 14.4 Å². The zero-order chi connectivity index (χ0) is 19.7. The van der Waals surface area contributed by atoms with Crippen molar-refractivity contribution in [2.24, 2.45) is 5.92 Å². The minimum Gasteiger partial charge on any atom is -0.326 e. The first kappa shape index (κ1) is 18.7. The van der Waals surface area contributed by atoms with Gasteiger partial charge in [-0.05, 0) is 55.0 Å². The molecule has 3 amide bonds. The van der Waals surface area contributed by atoms with Crippen LogP contribution in [0.15, 0.2) is 53.0 Å². The smallest absolute Gasteiger partial charge is 0.229 e. The first-order valence-corrected chi connectivity index (χ1v) is 10.1. The fourth-order valence-corrected chi connectivity index (χ4v) is 3.91. The molecule has 2 heterocycles. The Morgan fingerprint density at radius 1 is 0.929 bits per heavy atom. The van der Waals surface area contributed by atoms with E-state index in [4.69, 9.17) is 0 Å². The van der Waals surface area contributed by atoms with E-state index >= 15 is 0 Å². The van der Waals surface area contributed by atoms with Crippen LogP contribution in [0.2, 0.25) is 0 Å². The van der Waals surface area contributed by atoms with Crippen LogP contribution < -0.4 is 15.1 Å². The molecule has 144 valence electrons. The van der Waals surface area contributed by atoms with Crippen molar-refractivity contribution in [2.75, 3.05) is 28.2 Å². The number of carbonyl (C=O) groups is 3. The quantitative estimate of drug-likeness (QED) is 0.788. The van der Waals surface area contributed by atoms with Crippen molar-refractivity contribution in [3.05, 3.63) is 53.0 Å². The summed E-state index contributed by atoms with van der Waals surface area (Å²) in [4.78, 5) is 40.2. The van der Waals surface area contributed by atoms with Crippen LogP contribution in [0, 0.1) is 5.92 Å². The van der Waals surface area contributed by atoms with Crippen LogP contribution in [0.1, 0.15) is 19.3 Å². The van der Waals surface area contributed by atoms with Gasteiger partial charge < -0.3 is 15.1 Å². The number of rotatable bonds is 4. The summed E-state index contributed by atoms with van der Waals surface area (Å²) < 4.78 is 0.941. The second-order valence-corrected chi connectivity index (χ2v) is 7.98. The Morgan fingerprint density at radius 2 is 1.57 bits per heavy atom. The number of nitrogens with zero attached hydrogens (tertiary/aromatic N) is 2. The molecule has 0 radical (unpaired) electrons. The summed E-state index contributed by atoms with van der Waals surface area (Å²) in [5.74, 6) is -0.478. The molecule has 4 rings (SSSR count). The first-order chi connectivity index (χ1) is 13.5. The lowest BCUT2D eigenvalue weighted by molar-refractivity contribution is -0.122. The highest BCUT2D eigenvalue weighted by Gasteiger charge is 2.35. The van der Waals surface area contributed by atoms with Gasteiger partial charge in [-0.2, -0.15) is 0 Å². The van der Waals surface area contributed by atoms with Crippen LogP contribution in [0.4, 0.5) is 17.1 Å². The Labute approximate surface area is 171 Å². The summed E-state index contributed by atoms with van der Waals surface area (Å²) in [6.45, 7) is 1.10. The summed E-state index contributed by atoms with van der Waals surface area (Å²) in [6.07, 6.45) is 1.66. The van der Waals surface area contributed by atoms with Gasteiger partial charge >= 0.3 is 0 Å². The average molecular weight is 442 g/mol. The molecule has 2 aliphatic rings. The van der Waals surface area contributed by atoms with Gasteiger partial charge in [0.25, 0.3) is 0 Å². The fraction of sp³-hybridized carbons (Fsp3) is 0.286. The van der Waals surface area contributed by atoms with E-state index in [0.717, 1.165) is 28.8 Å². The minimum absolute atomic E-state index is 0.0506. The van der Waals surface area contributed by atoms with Gasteiger partial charge in [-0.15, -0.1) is 0 Å². The summed E-state index contributed by atoms with van der Waals surface area (Å²) in [6, 6.07) is 14.7. The van der Waals surface area contributed by atoms with E-state index in [-0.39, 0.29) is 24.1 Å². The largest absolute Gasteiger partial charge is 0.326 e. The maximum absolute atomic E-state index is 12.6. The second-order valence-electron chi connectivity index (χ2n) is 7.07. The van der Waals surface area contributed by atoms with Gasteiger partial charge in [0.2, 0.25) is 17.7 Å². The van der Waals surface area contributed by atoms with E-state index in [0.29, 0.717) is 18.7 Å². The van der Waals surface area contributed by atoms with Crippen molar-refractivity contribution >= 4 is 50.7 Å². The molecular weight excluding hydrogens is 422 g/mol. The summed E-state index contributed by atoms with van der Waals surface area (Å²) in [7, 11) is 0. The van der Waals surface area contributed by atoms with Crippen molar-refractivity contribution in [1.82, 2.24) is 0 Å². The van der Waals surface area contributed by atoms with Crippen LogP contribution in [0.3, 0.4) is 0 Å². The molecule has 0 saturated carbocycles. The number of amides is 3. The number of halogens is 1. The Hall–Kier alpha value is -2.67. The van der Waals surface area contributed by atoms with Crippen LogP contribution in [0.25, 0.3) is 0 Å². The van der Waals surface area contributed by atoms with Crippen LogP contribution in [-0.2, 0) is 14.4 Å². The lowest BCUT2D eigenvalue weighted by Crippen LogP contribution is -2.28. The molecule has 7 heteroatoms. The predicted molar refractivity (Wildman–Crippen MR) is 111 cm³/mol. The molecular formula is C21H20BrN3O3. The molecule has 0 bridgehead atoms. The summed E-state index contributed by atoms with van der Waals surface area (Å²) >= 11 is 3.38. The molecule has 0 spiro atoms. The molecule has 2 saturated heterocycles. The zero-order valence-corrected chi connectivity index (χ0v) is 16.8. The number of hydrogen-bond acceptors (Lipinski definition) is 3. The molecule has 1 unspecified atom stereocenters. The molecule has 6 nitrogen and oxygen atoms in total. The van der Waals surface area contributed by atoms with E-state index in [9.17, 15) is 14.4 Å². The highest BCUT2D eigenvalue weighted by atomic mass is 79.9. The Balaban J connectivity index is 1.39. The van der Waals surface area contributed by atoms with Crippen molar-refractivity contribution in [1.29, 1.82) is 0 Å². The SMILES string of the molecule is O=C(Nc1ccc(N2CCCC2=O)cc1)C1CC(=O)N(c2ccc(Br)cc2)C1. The zero-order valence-electron chi connectivity index (χ0n) is 15.2. The molecule has 2 aliphatic heterocycles. The van der Waals surface area contributed by atoms with Gasteiger partial charge in [-0.3, -0.25) is 14.4 Å². The monoisotopic (exact) mass is 441 g/mol. The van der Waals surface area contributed by atoms with E-state index < -0.39 is 5.92 Å². The molecule has 2 aromatic carbocycles. The van der Waals surface area contributed by atoms with Crippen molar-refractivity contribution in [3.63, 3.8) is 0 Å². The van der Waals surface area contributed by atoms with Gasteiger partial charge in [0, 0.05) is 47.5 Å². The molecule has 2 aromatic rings. The number of hydrogen-bond donors (Lipinski definition) is 1. The van der Waals surface area contributed by atoms with Gasteiger partial charge in [-0.25, -0.2) is 0 Å². The highest BCUT2D eigenvalue weighted by molar-refractivity contribution is 9.10. The van der Waals surface area contributed by atoms with E-state index in [1.165, 1.54) is 0 Å². The predicted octanol–water partition coefficient (Wildman–Crippen LogP) is 3.57. The normalized spacial score (nSPS) is 19.4. The number of benzene rings is 2. The third-order valence-electron chi connectivity index (χ3n) is 5.15. The third-order valence-corrected chi connectivity index (χ3v) is 5.68. The highest BCUT2D eigenvalue weighted by Crippen LogP contribution is 2.28. The van der Waals surface area contributed by atoms with Crippen molar-refractivity contribution in [3.8, 4) is 0 Å². The summed E-state index contributed by atoms with van der Waals surface area (Å²) in [5, 5.41) is 2.89. The molecule has 2 fully saturated rings. The summed E-state index contributed by atoms with van der Waals surface area (Å²) in [5.41, 5.74) is 2.30. The second kappa shape index (κ2) is 7.75. The van der Waals surface area contributed by atoms with Gasteiger partial charge in [0.15, 0.2) is 0 Å². The van der Waals surface area contributed by atoms with Crippen molar-refractivity contribution in [2.45, 2.75) is 19.3 Å². The van der Waals surface area contributed by atoms with Crippen LogP contribution >= 0.6 is 15.9 Å². The lowest BCUT2D eigenvalue weighted by atomic mass is 10.1. The van der Waals surface area contributed by atoms with Gasteiger partial charge in [0.1, 0.15) is 0 Å². The average Bonchev–Trinajstić information content (AvgIpc) is 3.29. The molecule has 0 aliphatic carbocycles. The standard InChI is InChI=1S/C21H20BrN3O3/c22-15-3-7-18(8-4-15)25-13-14(12-20(25)27)21(28)23-16-5-9-17(10-6-16)24-11-1-2-19(24)26/h3-10,14H,1-2,11-13H2,(H,23,28). The molecule has 1 atom stereocenters. The van der Waals surface area contributed by atoms with Gasteiger partial charge in [-0.1, -0.05) is 15.9 Å². The maximum Gasteiger partial charge on any atom is 0.229 e. The first-order valence-electron chi connectivity index (χ1n) is 9.28. The minimum atomic E-state index is -0.393. The third kappa shape index (κ3) is 3.80. The topological polar surface area (TPSA) is 69.7 Å².